The molecule has 2 aliphatic heterocycles. The van der Waals surface area contributed by atoms with Crippen LogP contribution in [0.15, 0.2) is 42.2 Å². The number of sulfonamides is 1. The van der Waals surface area contributed by atoms with Gasteiger partial charge in [0.05, 0.1) is 13.1 Å². The lowest BCUT2D eigenvalue weighted by Gasteiger charge is -2.24. The molecule has 2 amide bonds. The number of nitrogens with one attached hydrogen (secondary N) is 1. The Hall–Kier alpha value is -3.75. The van der Waals surface area contributed by atoms with Crippen molar-refractivity contribution in [2.45, 2.75) is 70.2 Å². The number of Topliss-reactive ketones (excluding diaryl/α,β-unsaturated/α-hetero) is 1. The Morgan fingerprint density at radius 3 is 1.66 bits per heavy atom. The number of nitrogens with zero attached hydrogens (tertiary/aromatic N) is 2. The van der Waals surface area contributed by atoms with Crippen molar-refractivity contribution in [2.75, 3.05) is 30.9 Å². The number of hydrogen-bond donors (Lipinski definition) is 1. The van der Waals surface area contributed by atoms with Gasteiger partial charge >= 0.3 is 43.3 Å². The van der Waals surface area contributed by atoms with Gasteiger partial charge in [-0.2, -0.15) is 43.2 Å². The molecule has 0 spiro atoms. The number of carbonyl (C=O) groups is 3. The first-order valence-electron chi connectivity index (χ1n) is 13.3. The zero-order valence-electron chi connectivity index (χ0n) is 26.1. The van der Waals surface area contributed by atoms with Gasteiger partial charge in [0.2, 0.25) is 0 Å². The summed E-state index contributed by atoms with van der Waals surface area (Å²) in [5, 5.41) is 0. The molecule has 13 nitrogen and oxygen atoms in total. The molecule has 21 heteroatoms. The maximum atomic E-state index is 12.1. The molecular weight excluding hydrogens is 692 g/mol. The summed E-state index contributed by atoms with van der Waals surface area (Å²) in [6.45, 7) is 10.5. The van der Waals surface area contributed by atoms with E-state index in [9.17, 15) is 57.6 Å². The molecular formula is C26H35F6N3O10S2. The van der Waals surface area contributed by atoms with Crippen LogP contribution in [0.4, 0.5) is 41.6 Å². The van der Waals surface area contributed by atoms with Crippen LogP contribution in [0.1, 0.15) is 48.0 Å². The van der Waals surface area contributed by atoms with Gasteiger partial charge in [-0.1, -0.05) is 18.2 Å². The average molecular weight is 728 g/mol. The van der Waals surface area contributed by atoms with E-state index in [-0.39, 0.29) is 24.6 Å². The van der Waals surface area contributed by atoms with Crippen molar-refractivity contribution in [2.24, 2.45) is 0 Å². The van der Waals surface area contributed by atoms with Crippen molar-refractivity contribution < 1.29 is 71.2 Å². The number of anilines is 1. The highest BCUT2D eigenvalue weighted by Gasteiger charge is 2.49. The normalized spacial score (nSPS) is 15.8. The van der Waals surface area contributed by atoms with Crippen molar-refractivity contribution in [3.8, 4) is 0 Å². The molecule has 0 saturated carbocycles. The molecule has 3 rings (SSSR count). The van der Waals surface area contributed by atoms with E-state index in [1.165, 1.54) is 33.9 Å². The van der Waals surface area contributed by atoms with E-state index in [0.29, 0.717) is 13.0 Å². The molecule has 47 heavy (non-hydrogen) atoms. The Morgan fingerprint density at radius 2 is 1.26 bits per heavy atom. The summed E-state index contributed by atoms with van der Waals surface area (Å²) in [6.07, 6.45) is 0.377. The number of ether oxygens (including phenoxy) is 2. The predicted molar refractivity (Wildman–Crippen MR) is 154 cm³/mol. The van der Waals surface area contributed by atoms with Crippen molar-refractivity contribution in [1.82, 2.24) is 9.80 Å². The SMILES string of the molecule is CC(C)(C)OC(=O)N1CC=C(OS(=O)(=O)C(F)(F)F)C1.CC(C)(C)OC(=O)N1CCC(=O)C1.O=S(=O)(Nc1ccccc1)C(F)(F)F. The van der Waals surface area contributed by atoms with Gasteiger partial charge in [-0.3, -0.25) is 14.4 Å². The average Bonchev–Trinajstić information content (AvgIpc) is 3.51. The summed E-state index contributed by atoms with van der Waals surface area (Å²) >= 11 is 0. The first-order chi connectivity index (χ1) is 21.0. The quantitative estimate of drug-likeness (QED) is 0.250. The van der Waals surface area contributed by atoms with E-state index in [1.54, 1.807) is 26.8 Å². The van der Waals surface area contributed by atoms with Gasteiger partial charge < -0.3 is 18.6 Å². The number of halogens is 6. The van der Waals surface area contributed by atoms with Crippen LogP contribution in [-0.2, 0) is 38.6 Å². The minimum Gasteiger partial charge on any atom is -0.444 e. The molecule has 2 aliphatic rings. The molecule has 1 fully saturated rings. The van der Waals surface area contributed by atoms with Crippen molar-refractivity contribution >= 4 is 43.8 Å². The molecule has 0 bridgehead atoms. The fourth-order valence-electron chi connectivity index (χ4n) is 3.08. The highest BCUT2D eigenvalue weighted by Crippen LogP contribution is 2.28. The van der Waals surface area contributed by atoms with Gasteiger partial charge in [-0.25, -0.2) is 9.59 Å². The Morgan fingerprint density at radius 1 is 0.766 bits per heavy atom. The minimum atomic E-state index is -5.71. The zero-order chi connectivity index (χ0) is 36.6. The largest absolute Gasteiger partial charge is 0.534 e. The fourth-order valence-corrected chi connectivity index (χ4v) is 4.13. The molecule has 0 radical (unpaired) electrons. The Balaban J connectivity index is 0.000000364. The van der Waals surface area contributed by atoms with Gasteiger partial charge in [0.25, 0.3) is 0 Å². The van der Waals surface area contributed by atoms with Gasteiger partial charge in [0.15, 0.2) is 5.78 Å². The maximum Gasteiger partial charge on any atom is 0.534 e. The van der Waals surface area contributed by atoms with Crippen LogP contribution >= 0.6 is 0 Å². The monoisotopic (exact) mass is 727 g/mol. The lowest BCUT2D eigenvalue weighted by atomic mass is 10.2. The topological polar surface area (TPSA) is 166 Å². The molecule has 0 atom stereocenters. The minimum absolute atomic E-state index is 0.0857. The number of rotatable bonds is 4. The third-order valence-electron chi connectivity index (χ3n) is 5.05. The van der Waals surface area contributed by atoms with Crippen LogP contribution < -0.4 is 4.72 Å². The second-order valence-corrected chi connectivity index (χ2v) is 14.8. The first kappa shape index (κ1) is 41.3. The molecule has 1 N–H and O–H groups in total. The molecule has 1 aromatic carbocycles. The Bertz CT molecular complexity index is 1500. The highest BCUT2D eigenvalue weighted by molar-refractivity contribution is 7.93. The number of carbonyl (C=O) groups excluding carboxylic acids is 3. The van der Waals surface area contributed by atoms with Gasteiger partial charge in [0.1, 0.15) is 17.0 Å². The lowest BCUT2D eigenvalue weighted by molar-refractivity contribution is -0.117. The number of alkyl halides is 6. The number of ketones is 1. The van der Waals surface area contributed by atoms with Crippen LogP contribution in [-0.4, -0.2) is 93.0 Å². The van der Waals surface area contributed by atoms with E-state index in [4.69, 9.17) is 9.47 Å². The van der Waals surface area contributed by atoms with Crippen LogP contribution in [0.2, 0.25) is 0 Å². The van der Waals surface area contributed by atoms with Crippen LogP contribution in [0, 0.1) is 0 Å². The summed E-state index contributed by atoms with van der Waals surface area (Å²) in [6, 6.07) is 6.86. The van der Waals surface area contributed by atoms with Crippen molar-refractivity contribution in [1.29, 1.82) is 0 Å². The summed E-state index contributed by atoms with van der Waals surface area (Å²) < 4.78 is 130. The third-order valence-corrected chi connectivity index (χ3v) is 7.16. The maximum absolute atomic E-state index is 12.1. The summed E-state index contributed by atoms with van der Waals surface area (Å²) in [5.74, 6) is -0.362. The lowest BCUT2D eigenvalue weighted by Crippen LogP contribution is -2.36. The van der Waals surface area contributed by atoms with Crippen LogP contribution in [0.5, 0.6) is 0 Å². The van der Waals surface area contributed by atoms with Crippen LogP contribution in [0.25, 0.3) is 0 Å². The van der Waals surface area contributed by atoms with E-state index in [2.05, 4.69) is 4.18 Å². The van der Waals surface area contributed by atoms with Gasteiger partial charge in [0, 0.05) is 25.2 Å². The molecule has 0 unspecified atom stereocenters. The number of amides is 2. The molecule has 268 valence electrons. The van der Waals surface area contributed by atoms with Crippen molar-refractivity contribution in [3.05, 3.63) is 42.2 Å². The highest BCUT2D eigenvalue weighted by atomic mass is 32.2. The molecule has 1 aromatic rings. The van der Waals surface area contributed by atoms with Crippen LogP contribution in [0.3, 0.4) is 0 Å². The Kier molecular flexibility index (Phi) is 13.6. The second kappa shape index (κ2) is 15.4. The zero-order valence-corrected chi connectivity index (χ0v) is 27.7. The fraction of sp³-hybridized carbons (Fsp3) is 0.577. The van der Waals surface area contributed by atoms with Crippen molar-refractivity contribution in [3.63, 3.8) is 0 Å². The van der Waals surface area contributed by atoms with E-state index in [1.807, 2.05) is 20.8 Å². The number of benzene rings is 1. The van der Waals surface area contributed by atoms with Gasteiger partial charge in [-0.05, 0) is 59.8 Å². The number of para-hydroxylation sites is 1. The summed E-state index contributed by atoms with van der Waals surface area (Å²) in [7, 11) is -11.0. The molecule has 0 aromatic heterocycles. The number of hydrogen-bond acceptors (Lipinski definition) is 10. The molecule has 2 heterocycles. The van der Waals surface area contributed by atoms with E-state index >= 15 is 0 Å². The van der Waals surface area contributed by atoms with Gasteiger partial charge in [-0.15, -0.1) is 0 Å². The Labute approximate surface area is 268 Å². The second-order valence-electron chi connectivity index (χ2n) is 11.6. The van der Waals surface area contributed by atoms with E-state index in [0.717, 1.165) is 11.0 Å². The summed E-state index contributed by atoms with van der Waals surface area (Å²) in [5.41, 5.74) is -12.2. The standard InChI is InChI=1S/C10H14F3NO5S.C9H15NO3.C7H6F3NO2S/c1-9(2,3)18-8(15)14-5-4-7(6-14)19-20(16,17)10(11,12)13;1-9(2,3)13-8(12)10-5-4-7(11)6-10;8-7(9,10)14(12,13)11-6-4-2-1-3-5-6/h4H,5-6H2,1-3H3;4-6H2,1-3H3;1-5,11H. The first-order valence-corrected chi connectivity index (χ1v) is 16.2. The van der Waals surface area contributed by atoms with E-state index < -0.39 is 66.9 Å². The number of likely N-dealkylation sites (tertiary alicyclic amines) is 1. The molecule has 1 saturated heterocycles. The molecule has 0 aliphatic carbocycles. The smallest absolute Gasteiger partial charge is 0.444 e. The third kappa shape index (κ3) is 14.7. The summed E-state index contributed by atoms with van der Waals surface area (Å²) in [4.78, 5) is 36.3. The predicted octanol–water partition coefficient (Wildman–Crippen LogP) is 5.13.